The Morgan fingerprint density at radius 1 is 1.14 bits per heavy atom. The maximum absolute atomic E-state index is 14.0. The van der Waals surface area contributed by atoms with Gasteiger partial charge in [-0.05, 0) is 60.0 Å². The van der Waals surface area contributed by atoms with Gasteiger partial charge in [0.1, 0.15) is 0 Å². The van der Waals surface area contributed by atoms with Crippen molar-refractivity contribution in [1.82, 2.24) is 19.8 Å². The van der Waals surface area contributed by atoms with Gasteiger partial charge in [-0.1, -0.05) is 25.0 Å². The number of hydrogen-bond acceptors (Lipinski definition) is 4. The Bertz CT molecular complexity index is 1410. The number of fused-ring (bicyclic) bond motifs is 2. The largest absolute Gasteiger partial charge is 0.417 e. The Balaban J connectivity index is 1.21. The van der Waals surface area contributed by atoms with Crippen LogP contribution in [0.4, 0.5) is 13.2 Å². The van der Waals surface area contributed by atoms with Gasteiger partial charge in [0, 0.05) is 56.1 Å². The number of hydrogen-bond donors (Lipinski definition) is 1. The fourth-order valence-electron chi connectivity index (χ4n) is 6.04. The van der Waals surface area contributed by atoms with Crippen LogP contribution in [0.15, 0.2) is 47.4 Å². The molecule has 1 aliphatic carbocycles. The van der Waals surface area contributed by atoms with E-state index in [1.807, 2.05) is 12.1 Å². The van der Waals surface area contributed by atoms with E-state index in [0.717, 1.165) is 61.0 Å². The number of alkyl halides is 3. The summed E-state index contributed by atoms with van der Waals surface area (Å²) in [7, 11) is 0. The van der Waals surface area contributed by atoms with Crippen LogP contribution in [0.2, 0.25) is 0 Å². The Kier molecular flexibility index (Phi) is 5.86. The van der Waals surface area contributed by atoms with Crippen LogP contribution >= 0.6 is 0 Å². The highest BCUT2D eigenvalue weighted by Gasteiger charge is 2.49. The molecule has 1 amide bonds. The zero-order valence-electron chi connectivity index (χ0n) is 20.5. The molecule has 4 heterocycles. The van der Waals surface area contributed by atoms with Gasteiger partial charge in [0.05, 0.1) is 11.0 Å². The van der Waals surface area contributed by atoms with E-state index in [-0.39, 0.29) is 18.0 Å². The summed E-state index contributed by atoms with van der Waals surface area (Å²) in [6.45, 7) is 2.75. The number of carbonyl (C=O) groups is 1. The molecule has 0 spiro atoms. The molecule has 6 rings (SSSR count). The van der Waals surface area contributed by atoms with Crippen molar-refractivity contribution in [3.05, 3.63) is 75.3 Å². The third kappa shape index (κ3) is 4.89. The molecule has 194 valence electrons. The van der Waals surface area contributed by atoms with Gasteiger partial charge in [-0.2, -0.15) is 13.2 Å². The average Bonchev–Trinajstić information content (AvgIpc) is 3.59. The van der Waals surface area contributed by atoms with E-state index in [2.05, 4.69) is 20.9 Å². The van der Waals surface area contributed by atoms with E-state index >= 15 is 0 Å². The van der Waals surface area contributed by atoms with E-state index in [1.165, 1.54) is 6.07 Å². The highest BCUT2D eigenvalue weighted by Crippen LogP contribution is 2.47. The van der Waals surface area contributed by atoms with Gasteiger partial charge in [0.15, 0.2) is 0 Å². The SMILES string of the molecule is O=C(N1CCc2ncc(C(F)(F)F)cc2C1)C1(CC2CC2)CCN(Cc2ccc3ccc(=O)[nH]c3c2)C1. The lowest BCUT2D eigenvalue weighted by atomic mass is 9.79. The number of aromatic amines is 1. The number of pyridine rings is 2. The van der Waals surface area contributed by atoms with E-state index < -0.39 is 17.2 Å². The first-order chi connectivity index (χ1) is 17.7. The molecule has 1 N–H and O–H groups in total. The predicted octanol–water partition coefficient (Wildman–Crippen LogP) is 4.52. The summed E-state index contributed by atoms with van der Waals surface area (Å²) in [5.41, 5.74) is 1.59. The molecule has 1 atom stereocenters. The first-order valence-electron chi connectivity index (χ1n) is 12.9. The topological polar surface area (TPSA) is 69.3 Å². The summed E-state index contributed by atoms with van der Waals surface area (Å²) in [5, 5.41) is 0.969. The van der Waals surface area contributed by atoms with Crippen LogP contribution in [-0.4, -0.2) is 45.3 Å². The Morgan fingerprint density at radius 2 is 1.95 bits per heavy atom. The summed E-state index contributed by atoms with van der Waals surface area (Å²) in [6.07, 6.45) is 0.751. The molecule has 1 unspecified atom stereocenters. The van der Waals surface area contributed by atoms with Gasteiger partial charge in [-0.15, -0.1) is 0 Å². The average molecular weight is 511 g/mol. The van der Waals surface area contributed by atoms with E-state index in [9.17, 15) is 22.8 Å². The third-order valence-corrected chi connectivity index (χ3v) is 8.11. The van der Waals surface area contributed by atoms with Crippen molar-refractivity contribution in [1.29, 1.82) is 0 Å². The fourth-order valence-corrected chi connectivity index (χ4v) is 6.04. The highest BCUT2D eigenvalue weighted by atomic mass is 19.4. The number of likely N-dealkylation sites (tertiary alicyclic amines) is 1. The van der Waals surface area contributed by atoms with Gasteiger partial charge < -0.3 is 9.88 Å². The zero-order valence-corrected chi connectivity index (χ0v) is 20.5. The summed E-state index contributed by atoms with van der Waals surface area (Å²) in [5.74, 6) is 0.609. The molecule has 0 bridgehead atoms. The molecule has 37 heavy (non-hydrogen) atoms. The normalized spacial score (nSPS) is 22.4. The molecule has 1 saturated heterocycles. The second kappa shape index (κ2) is 8.97. The number of rotatable bonds is 5. The van der Waals surface area contributed by atoms with Crippen LogP contribution in [0.3, 0.4) is 0 Å². The summed E-state index contributed by atoms with van der Waals surface area (Å²) < 4.78 is 39.8. The molecule has 2 fully saturated rings. The van der Waals surface area contributed by atoms with E-state index in [0.29, 0.717) is 43.2 Å². The minimum absolute atomic E-state index is 0.0628. The third-order valence-electron chi connectivity index (χ3n) is 8.11. The van der Waals surface area contributed by atoms with Gasteiger partial charge in [0.25, 0.3) is 0 Å². The zero-order chi connectivity index (χ0) is 25.8. The first kappa shape index (κ1) is 24.2. The Labute approximate surface area is 212 Å². The van der Waals surface area contributed by atoms with Gasteiger partial charge in [0.2, 0.25) is 11.5 Å². The predicted molar refractivity (Wildman–Crippen MR) is 133 cm³/mol. The number of nitrogens with one attached hydrogen (secondary N) is 1. The van der Waals surface area contributed by atoms with Crippen molar-refractivity contribution >= 4 is 16.8 Å². The van der Waals surface area contributed by atoms with Crippen molar-refractivity contribution in [2.75, 3.05) is 19.6 Å². The standard InChI is InChI=1S/C28H29F3N4O2/c29-28(30,31)22-12-21-16-35(9-7-23(21)32-14-22)26(37)27(13-18-1-2-18)8-10-34(17-27)15-19-3-4-20-5-6-25(36)33-24(20)11-19/h3-6,11-12,14,18H,1-2,7-10,13,15-17H2,(H,33,36). The molecular weight excluding hydrogens is 481 g/mol. The number of nitrogens with zero attached hydrogens (tertiary/aromatic N) is 3. The summed E-state index contributed by atoms with van der Waals surface area (Å²) in [4.78, 5) is 36.7. The lowest BCUT2D eigenvalue weighted by Gasteiger charge is -2.37. The highest BCUT2D eigenvalue weighted by molar-refractivity contribution is 5.84. The van der Waals surface area contributed by atoms with Crippen LogP contribution in [-0.2, 0) is 30.5 Å². The monoisotopic (exact) mass is 510 g/mol. The molecule has 2 aromatic heterocycles. The number of carbonyl (C=O) groups excluding carboxylic acids is 1. The van der Waals surface area contributed by atoms with Gasteiger partial charge in [-0.3, -0.25) is 19.5 Å². The molecule has 1 saturated carbocycles. The number of H-pyrrole nitrogens is 1. The quantitative estimate of drug-likeness (QED) is 0.548. The fraction of sp³-hybridized carbons (Fsp3) is 0.464. The lowest BCUT2D eigenvalue weighted by Crippen LogP contribution is -2.47. The van der Waals surface area contributed by atoms with Gasteiger partial charge >= 0.3 is 6.18 Å². The van der Waals surface area contributed by atoms with Crippen LogP contribution in [0.1, 0.15) is 48.1 Å². The molecule has 6 nitrogen and oxygen atoms in total. The van der Waals surface area contributed by atoms with Crippen LogP contribution in [0, 0.1) is 11.3 Å². The van der Waals surface area contributed by atoms with Crippen molar-refractivity contribution < 1.29 is 18.0 Å². The summed E-state index contributed by atoms with van der Waals surface area (Å²) >= 11 is 0. The number of halogens is 3. The maximum atomic E-state index is 14.0. The Hall–Kier alpha value is -3.20. The van der Waals surface area contributed by atoms with E-state index in [1.54, 1.807) is 11.0 Å². The van der Waals surface area contributed by atoms with Crippen molar-refractivity contribution in [3.8, 4) is 0 Å². The van der Waals surface area contributed by atoms with Crippen LogP contribution in [0.25, 0.3) is 10.9 Å². The number of amides is 1. The minimum atomic E-state index is -4.46. The number of benzene rings is 1. The maximum Gasteiger partial charge on any atom is 0.417 e. The first-order valence-corrected chi connectivity index (χ1v) is 12.9. The minimum Gasteiger partial charge on any atom is -0.337 e. The number of aromatic nitrogens is 2. The molecule has 9 heteroatoms. The molecule has 2 aliphatic heterocycles. The van der Waals surface area contributed by atoms with E-state index in [4.69, 9.17) is 0 Å². The second-order valence-corrected chi connectivity index (χ2v) is 10.9. The van der Waals surface area contributed by atoms with Crippen LogP contribution < -0.4 is 5.56 Å². The second-order valence-electron chi connectivity index (χ2n) is 10.9. The molecule has 0 radical (unpaired) electrons. The van der Waals surface area contributed by atoms with Crippen LogP contribution in [0.5, 0.6) is 0 Å². The molecule has 3 aliphatic rings. The van der Waals surface area contributed by atoms with Gasteiger partial charge in [-0.25, -0.2) is 0 Å². The van der Waals surface area contributed by atoms with Crippen molar-refractivity contribution in [2.45, 2.75) is 51.4 Å². The van der Waals surface area contributed by atoms with Crippen molar-refractivity contribution in [2.24, 2.45) is 11.3 Å². The van der Waals surface area contributed by atoms with Crippen molar-refractivity contribution in [3.63, 3.8) is 0 Å². The molecule has 3 aromatic rings. The molecular formula is C28H29F3N4O2. The lowest BCUT2D eigenvalue weighted by molar-refractivity contribution is -0.143. The smallest absolute Gasteiger partial charge is 0.337 e. The summed E-state index contributed by atoms with van der Waals surface area (Å²) in [6, 6.07) is 10.5. The Morgan fingerprint density at radius 3 is 2.73 bits per heavy atom. The molecule has 1 aromatic carbocycles.